The molecule has 1 aromatic heterocycles. The largest absolute Gasteiger partial charge is 0.343 e. The van der Waals surface area contributed by atoms with Crippen LogP contribution in [0.15, 0.2) is 71.9 Å². The highest BCUT2D eigenvalue weighted by atomic mass is 32.2. The van der Waals surface area contributed by atoms with Crippen LogP contribution in [0.4, 0.5) is 5.69 Å². The van der Waals surface area contributed by atoms with E-state index in [0.29, 0.717) is 18.8 Å². The van der Waals surface area contributed by atoms with Crippen LogP contribution in [0, 0.1) is 0 Å². The van der Waals surface area contributed by atoms with Gasteiger partial charge in [-0.25, -0.2) is 13.1 Å². The SMILES string of the molecule is O=C(CNC(=O)c1cccc(S(=O)(=O)N2CCCCCC2)c1)Nc1ccc(-n2cccn2)cc1. The van der Waals surface area contributed by atoms with E-state index in [4.69, 9.17) is 0 Å². The number of nitrogens with zero attached hydrogens (tertiary/aromatic N) is 3. The fourth-order valence-electron chi connectivity index (χ4n) is 3.82. The quantitative estimate of drug-likeness (QED) is 0.539. The number of sulfonamides is 1. The molecule has 9 nitrogen and oxygen atoms in total. The standard InChI is InChI=1S/C24H27N5O4S/c30-23(27-20-9-11-21(12-10-20)29-16-6-13-26-29)18-25-24(31)19-7-5-8-22(17-19)34(32,33)28-14-3-1-2-4-15-28/h5-13,16-17H,1-4,14-15,18H2,(H,25,31)(H,27,30). The predicted molar refractivity (Wildman–Crippen MR) is 128 cm³/mol. The van der Waals surface area contributed by atoms with Crippen molar-refractivity contribution < 1.29 is 18.0 Å². The molecule has 0 spiro atoms. The summed E-state index contributed by atoms with van der Waals surface area (Å²) in [5, 5.41) is 9.42. The number of carbonyl (C=O) groups excluding carboxylic acids is 2. The molecule has 0 saturated carbocycles. The molecule has 1 aliphatic rings. The van der Waals surface area contributed by atoms with Gasteiger partial charge in [-0.2, -0.15) is 9.40 Å². The third kappa shape index (κ3) is 5.70. The smallest absolute Gasteiger partial charge is 0.251 e. The number of hydrogen-bond acceptors (Lipinski definition) is 5. The zero-order chi connectivity index (χ0) is 24.0. The lowest BCUT2D eigenvalue weighted by atomic mass is 10.2. The summed E-state index contributed by atoms with van der Waals surface area (Å²) < 4.78 is 29.2. The Morgan fingerprint density at radius 1 is 0.941 bits per heavy atom. The average molecular weight is 482 g/mol. The lowest BCUT2D eigenvalue weighted by molar-refractivity contribution is -0.115. The van der Waals surface area contributed by atoms with Crippen molar-refractivity contribution in [2.75, 3.05) is 25.0 Å². The van der Waals surface area contributed by atoms with Gasteiger partial charge in [-0.1, -0.05) is 18.9 Å². The molecule has 0 unspecified atom stereocenters. The Morgan fingerprint density at radius 3 is 2.35 bits per heavy atom. The summed E-state index contributed by atoms with van der Waals surface area (Å²) in [6.45, 7) is 0.729. The number of benzene rings is 2. The second-order valence-electron chi connectivity index (χ2n) is 8.07. The molecule has 10 heteroatoms. The molecular formula is C24H27N5O4S. The number of nitrogens with one attached hydrogen (secondary N) is 2. The maximum absolute atomic E-state index is 13.0. The monoisotopic (exact) mass is 481 g/mol. The van der Waals surface area contributed by atoms with Crippen LogP contribution >= 0.6 is 0 Å². The van der Waals surface area contributed by atoms with Crippen molar-refractivity contribution in [2.24, 2.45) is 0 Å². The van der Waals surface area contributed by atoms with Crippen LogP contribution < -0.4 is 10.6 Å². The van der Waals surface area contributed by atoms with Crippen LogP contribution in [0.3, 0.4) is 0 Å². The van der Waals surface area contributed by atoms with Crippen LogP contribution in [-0.4, -0.2) is 54.0 Å². The average Bonchev–Trinajstić information content (AvgIpc) is 3.24. The number of aromatic nitrogens is 2. The van der Waals surface area contributed by atoms with Crippen molar-refractivity contribution in [1.82, 2.24) is 19.4 Å². The zero-order valence-corrected chi connectivity index (χ0v) is 19.5. The summed E-state index contributed by atoms with van der Waals surface area (Å²) in [6.07, 6.45) is 7.20. The molecule has 2 aromatic carbocycles. The molecule has 0 radical (unpaired) electrons. The molecule has 2 amide bonds. The highest BCUT2D eigenvalue weighted by molar-refractivity contribution is 7.89. The van der Waals surface area contributed by atoms with Crippen LogP contribution in [0.2, 0.25) is 0 Å². The molecule has 0 bridgehead atoms. The summed E-state index contributed by atoms with van der Waals surface area (Å²) >= 11 is 0. The first-order chi connectivity index (χ1) is 16.4. The molecule has 178 valence electrons. The first-order valence-corrected chi connectivity index (χ1v) is 12.7. The molecule has 1 fully saturated rings. The number of anilines is 1. The van der Waals surface area contributed by atoms with E-state index in [9.17, 15) is 18.0 Å². The minimum Gasteiger partial charge on any atom is -0.343 e. The van der Waals surface area contributed by atoms with E-state index in [1.54, 1.807) is 29.1 Å². The fourth-order valence-corrected chi connectivity index (χ4v) is 5.38. The van der Waals surface area contributed by atoms with Gasteiger partial charge in [-0.3, -0.25) is 9.59 Å². The highest BCUT2D eigenvalue weighted by Crippen LogP contribution is 2.21. The molecule has 1 saturated heterocycles. The first kappa shape index (κ1) is 23.7. The summed E-state index contributed by atoms with van der Waals surface area (Å²) in [5.41, 5.74) is 1.62. The van der Waals surface area contributed by atoms with E-state index in [0.717, 1.165) is 31.4 Å². The number of carbonyl (C=O) groups is 2. The second-order valence-corrected chi connectivity index (χ2v) is 10.0. The van der Waals surface area contributed by atoms with Gasteiger partial charge in [0.1, 0.15) is 0 Å². The van der Waals surface area contributed by atoms with Gasteiger partial charge in [-0.15, -0.1) is 0 Å². The summed E-state index contributed by atoms with van der Waals surface area (Å²) in [6, 6.07) is 14.9. The van der Waals surface area contributed by atoms with Gasteiger partial charge in [0.15, 0.2) is 0 Å². The molecule has 0 aliphatic carbocycles. The molecule has 1 aliphatic heterocycles. The van der Waals surface area contributed by atoms with Gasteiger partial charge < -0.3 is 10.6 Å². The summed E-state index contributed by atoms with van der Waals surface area (Å²) in [5.74, 6) is -0.911. The van der Waals surface area contributed by atoms with E-state index >= 15 is 0 Å². The Morgan fingerprint density at radius 2 is 1.68 bits per heavy atom. The molecular weight excluding hydrogens is 454 g/mol. The Bertz CT molecular complexity index is 1230. The van der Waals surface area contributed by atoms with Crippen molar-refractivity contribution in [3.8, 4) is 5.69 Å². The third-order valence-electron chi connectivity index (χ3n) is 5.63. The maximum atomic E-state index is 13.0. The van der Waals surface area contributed by atoms with Crippen LogP contribution in [0.25, 0.3) is 5.69 Å². The Balaban J connectivity index is 1.34. The van der Waals surface area contributed by atoms with E-state index in [1.165, 1.54) is 22.5 Å². The number of amides is 2. The van der Waals surface area contributed by atoms with Gasteiger partial charge in [0.25, 0.3) is 5.91 Å². The lowest BCUT2D eigenvalue weighted by Crippen LogP contribution is -2.34. The maximum Gasteiger partial charge on any atom is 0.251 e. The minimum absolute atomic E-state index is 0.0868. The van der Waals surface area contributed by atoms with Crippen molar-refractivity contribution in [2.45, 2.75) is 30.6 Å². The molecule has 3 aromatic rings. The summed E-state index contributed by atoms with van der Waals surface area (Å²) in [4.78, 5) is 24.9. The topological polar surface area (TPSA) is 113 Å². The third-order valence-corrected chi connectivity index (χ3v) is 7.52. The van der Waals surface area contributed by atoms with E-state index in [1.807, 2.05) is 24.4 Å². The first-order valence-electron chi connectivity index (χ1n) is 11.2. The fraction of sp³-hybridized carbons (Fsp3) is 0.292. The lowest BCUT2D eigenvalue weighted by Gasteiger charge is -2.20. The molecule has 2 heterocycles. The van der Waals surface area contributed by atoms with Crippen molar-refractivity contribution in [3.05, 3.63) is 72.6 Å². The molecule has 0 atom stereocenters. The van der Waals surface area contributed by atoms with Gasteiger partial charge in [0.05, 0.1) is 17.1 Å². The zero-order valence-electron chi connectivity index (χ0n) is 18.7. The Hall–Kier alpha value is -3.50. The van der Waals surface area contributed by atoms with Gasteiger partial charge in [-0.05, 0) is 61.4 Å². The highest BCUT2D eigenvalue weighted by Gasteiger charge is 2.25. The minimum atomic E-state index is -3.67. The van der Waals surface area contributed by atoms with E-state index in [2.05, 4.69) is 15.7 Å². The molecule has 2 N–H and O–H groups in total. The van der Waals surface area contributed by atoms with Gasteiger partial charge in [0.2, 0.25) is 15.9 Å². The predicted octanol–water partition coefficient (Wildman–Crippen LogP) is 2.81. The van der Waals surface area contributed by atoms with Gasteiger partial charge >= 0.3 is 0 Å². The Labute approximate surface area is 198 Å². The van der Waals surface area contributed by atoms with Crippen LogP contribution in [-0.2, 0) is 14.8 Å². The molecule has 34 heavy (non-hydrogen) atoms. The van der Waals surface area contributed by atoms with E-state index in [-0.39, 0.29) is 17.0 Å². The molecule has 4 rings (SSSR count). The normalized spacial score (nSPS) is 14.8. The number of rotatable bonds is 7. The van der Waals surface area contributed by atoms with Gasteiger partial charge in [0, 0.05) is 36.7 Å². The van der Waals surface area contributed by atoms with Crippen LogP contribution in [0.5, 0.6) is 0 Å². The van der Waals surface area contributed by atoms with E-state index < -0.39 is 21.8 Å². The van der Waals surface area contributed by atoms with Crippen molar-refractivity contribution in [1.29, 1.82) is 0 Å². The second kappa shape index (κ2) is 10.6. The van der Waals surface area contributed by atoms with Crippen molar-refractivity contribution >= 4 is 27.5 Å². The Kier molecular flexibility index (Phi) is 7.39. The van der Waals surface area contributed by atoms with Crippen LogP contribution in [0.1, 0.15) is 36.0 Å². The summed E-state index contributed by atoms with van der Waals surface area (Å²) in [7, 11) is -3.67. The number of hydrogen-bond donors (Lipinski definition) is 2. The van der Waals surface area contributed by atoms with Crippen molar-refractivity contribution in [3.63, 3.8) is 0 Å².